The van der Waals surface area contributed by atoms with Crippen LogP contribution >= 0.6 is 0 Å². The Labute approximate surface area is 266 Å². The molecule has 4 rings (SSSR count). The SMILES string of the molecule is CC(C)=CCC[C@]1(C)[C@@H](CC=C(C)C)C[C@]2(CC=C(C)C)C(=O)[C@@]1(CC=C(C)C)C(=O)c1c2oc2cc(O)c(O)c(O)c2c1=O. The molecule has 0 amide bonds. The highest BCUT2D eigenvalue weighted by atomic mass is 16.4. The average molecular weight is 617 g/mol. The second kappa shape index (κ2) is 12.1. The molecule has 1 aromatic carbocycles. The number of carbonyl (C=O) groups is 2. The lowest BCUT2D eigenvalue weighted by molar-refractivity contribution is -0.154. The molecule has 7 nitrogen and oxygen atoms in total. The Morgan fingerprint density at radius 1 is 0.844 bits per heavy atom. The zero-order chi connectivity index (χ0) is 33.6. The van der Waals surface area contributed by atoms with Crippen LogP contribution in [0.3, 0.4) is 0 Å². The minimum absolute atomic E-state index is 0.0154. The molecule has 1 heterocycles. The summed E-state index contributed by atoms with van der Waals surface area (Å²) in [5.41, 5.74) is -0.816. The van der Waals surface area contributed by atoms with Crippen molar-refractivity contribution in [3.63, 3.8) is 0 Å². The highest BCUT2D eigenvalue weighted by molar-refractivity contribution is 6.23. The fraction of sp³-hybridized carbons (Fsp3) is 0.500. The summed E-state index contributed by atoms with van der Waals surface area (Å²) in [4.78, 5) is 45.1. The lowest BCUT2D eigenvalue weighted by atomic mass is 9.38. The summed E-state index contributed by atoms with van der Waals surface area (Å²) in [6.07, 6.45) is 10.8. The molecule has 3 N–H and O–H groups in total. The highest BCUT2D eigenvalue weighted by Gasteiger charge is 2.73. The summed E-state index contributed by atoms with van der Waals surface area (Å²) < 4.78 is 6.33. The maximum Gasteiger partial charge on any atom is 0.207 e. The van der Waals surface area contributed by atoms with Crippen LogP contribution < -0.4 is 5.43 Å². The van der Waals surface area contributed by atoms with Crippen molar-refractivity contribution in [2.24, 2.45) is 16.7 Å². The number of carbonyl (C=O) groups excluding carboxylic acids is 2. The smallest absolute Gasteiger partial charge is 0.207 e. The number of aromatic hydroxyl groups is 3. The number of rotatable bonds is 9. The van der Waals surface area contributed by atoms with Gasteiger partial charge in [-0.15, -0.1) is 0 Å². The topological polar surface area (TPSA) is 125 Å². The molecule has 1 fully saturated rings. The van der Waals surface area contributed by atoms with Crippen LogP contribution in [0.25, 0.3) is 11.0 Å². The number of hydrogen-bond acceptors (Lipinski definition) is 7. The van der Waals surface area contributed by atoms with E-state index in [2.05, 4.69) is 12.2 Å². The number of phenols is 3. The first-order valence-electron chi connectivity index (χ1n) is 15.8. The largest absolute Gasteiger partial charge is 0.504 e. The molecule has 1 saturated carbocycles. The van der Waals surface area contributed by atoms with Crippen molar-refractivity contribution >= 4 is 22.5 Å². The Morgan fingerprint density at radius 3 is 2.00 bits per heavy atom. The second-order valence-corrected chi connectivity index (χ2v) is 14.4. The number of benzene rings is 1. The summed E-state index contributed by atoms with van der Waals surface area (Å²) in [6.45, 7) is 17.9. The standard InChI is InChI=1S/C38H48O7/c1-21(2)11-10-16-36(9)25(13-12-22(3)4)20-37(17-14-23(5)6)34-29(33(43)38(36,35(37)44)18-15-24(7)8)31(41)28-27(45-34)19-26(39)30(40)32(28)42/h11-12,14-15,19,25,39-40,42H,10,13,16-18,20H2,1-9H3/t25-,36+,37-,38+/m0/s1. The van der Waals surface area contributed by atoms with E-state index in [-0.39, 0.29) is 41.4 Å². The average Bonchev–Trinajstić information content (AvgIpc) is 2.93. The number of hydrogen-bond donors (Lipinski definition) is 3. The van der Waals surface area contributed by atoms with E-state index in [1.807, 2.05) is 74.5 Å². The summed E-state index contributed by atoms with van der Waals surface area (Å²) in [5, 5.41) is 31.0. The Bertz CT molecular complexity index is 1730. The van der Waals surface area contributed by atoms with E-state index < -0.39 is 50.1 Å². The molecule has 0 radical (unpaired) electrons. The van der Waals surface area contributed by atoms with Crippen LogP contribution in [-0.4, -0.2) is 26.9 Å². The van der Waals surface area contributed by atoms with Crippen molar-refractivity contribution in [2.45, 2.75) is 106 Å². The van der Waals surface area contributed by atoms with Gasteiger partial charge in [0.1, 0.15) is 27.7 Å². The monoisotopic (exact) mass is 616 g/mol. The zero-order valence-corrected chi connectivity index (χ0v) is 28.2. The third-order valence-corrected chi connectivity index (χ3v) is 10.2. The van der Waals surface area contributed by atoms with Crippen molar-refractivity contribution in [1.29, 1.82) is 0 Å². The van der Waals surface area contributed by atoms with E-state index in [1.165, 1.54) is 0 Å². The van der Waals surface area contributed by atoms with Gasteiger partial charge in [0.2, 0.25) is 11.2 Å². The lowest BCUT2D eigenvalue weighted by Crippen LogP contribution is -2.69. The summed E-state index contributed by atoms with van der Waals surface area (Å²) in [6, 6.07) is 1.05. The number of allylic oxidation sites excluding steroid dienone is 8. The van der Waals surface area contributed by atoms with Crippen LogP contribution in [0.5, 0.6) is 17.2 Å². The molecule has 4 atom stereocenters. The van der Waals surface area contributed by atoms with E-state index in [0.29, 0.717) is 25.7 Å². The van der Waals surface area contributed by atoms with Gasteiger partial charge in [-0.1, -0.05) is 53.5 Å². The van der Waals surface area contributed by atoms with Gasteiger partial charge >= 0.3 is 0 Å². The van der Waals surface area contributed by atoms with Crippen molar-refractivity contribution < 1.29 is 29.3 Å². The first-order valence-corrected chi connectivity index (χ1v) is 15.8. The molecule has 0 spiro atoms. The fourth-order valence-corrected chi connectivity index (χ4v) is 7.60. The van der Waals surface area contributed by atoms with Crippen LogP contribution in [0.2, 0.25) is 0 Å². The van der Waals surface area contributed by atoms with E-state index in [4.69, 9.17) is 4.42 Å². The maximum atomic E-state index is 15.5. The quantitative estimate of drug-likeness (QED) is 0.146. The van der Waals surface area contributed by atoms with Gasteiger partial charge in [0, 0.05) is 6.07 Å². The van der Waals surface area contributed by atoms with Crippen molar-refractivity contribution in [2.75, 3.05) is 0 Å². The lowest BCUT2D eigenvalue weighted by Gasteiger charge is -2.61. The molecule has 1 aromatic heterocycles. The van der Waals surface area contributed by atoms with Crippen molar-refractivity contribution in [3.8, 4) is 17.2 Å². The molecule has 0 saturated heterocycles. The third-order valence-electron chi connectivity index (χ3n) is 10.2. The van der Waals surface area contributed by atoms with Gasteiger partial charge in [-0.2, -0.15) is 0 Å². The van der Waals surface area contributed by atoms with Gasteiger partial charge in [0.15, 0.2) is 23.1 Å². The maximum absolute atomic E-state index is 15.5. The molecule has 2 bridgehead atoms. The van der Waals surface area contributed by atoms with Crippen LogP contribution in [0.4, 0.5) is 0 Å². The molecule has 2 aliphatic carbocycles. The molecular formula is C38H48O7. The van der Waals surface area contributed by atoms with Crippen LogP contribution in [-0.2, 0) is 10.2 Å². The number of Topliss-reactive ketones (excluding diaryl/α,β-unsaturated/α-hetero) is 2. The van der Waals surface area contributed by atoms with E-state index in [0.717, 1.165) is 28.4 Å². The predicted octanol–water partition coefficient (Wildman–Crippen LogP) is 8.74. The van der Waals surface area contributed by atoms with Gasteiger partial charge in [-0.3, -0.25) is 14.4 Å². The molecule has 0 unspecified atom stereocenters. The number of phenolic OH excluding ortho intramolecular Hbond substituents is 3. The van der Waals surface area contributed by atoms with Crippen molar-refractivity contribution in [1.82, 2.24) is 0 Å². The van der Waals surface area contributed by atoms with Gasteiger partial charge in [-0.05, 0) is 105 Å². The van der Waals surface area contributed by atoms with Crippen molar-refractivity contribution in [3.05, 3.63) is 74.2 Å². The minimum atomic E-state index is -1.59. The van der Waals surface area contributed by atoms with Crippen LogP contribution in [0, 0.1) is 16.7 Å². The molecule has 242 valence electrons. The first-order chi connectivity index (χ1) is 20.9. The molecular weight excluding hydrogens is 568 g/mol. The molecule has 0 aliphatic heterocycles. The summed E-state index contributed by atoms with van der Waals surface area (Å²) in [7, 11) is 0. The summed E-state index contributed by atoms with van der Waals surface area (Å²) in [5.74, 6) is -3.39. The Hall–Kier alpha value is -3.87. The molecule has 45 heavy (non-hydrogen) atoms. The summed E-state index contributed by atoms with van der Waals surface area (Å²) >= 11 is 0. The number of ketones is 2. The second-order valence-electron chi connectivity index (χ2n) is 14.4. The Balaban J connectivity index is 2.23. The van der Waals surface area contributed by atoms with Crippen LogP contribution in [0.1, 0.15) is 117 Å². The molecule has 2 aromatic rings. The third kappa shape index (κ3) is 5.38. The predicted molar refractivity (Wildman–Crippen MR) is 178 cm³/mol. The normalized spacial score (nSPS) is 25.4. The molecule has 2 aliphatic rings. The number of fused-ring (bicyclic) bond motifs is 5. The highest BCUT2D eigenvalue weighted by Crippen LogP contribution is 2.67. The Morgan fingerprint density at radius 2 is 1.42 bits per heavy atom. The Kier molecular flexibility index (Phi) is 9.18. The van der Waals surface area contributed by atoms with E-state index in [9.17, 15) is 20.1 Å². The van der Waals surface area contributed by atoms with Gasteiger partial charge in [-0.25, -0.2) is 0 Å². The fourth-order valence-electron chi connectivity index (χ4n) is 7.60. The van der Waals surface area contributed by atoms with E-state index in [1.54, 1.807) is 0 Å². The van der Waals surface area contributed by atoms with E-state index >= 15 is 9.59 Å². The first kappa shape index (κ1) is 34.0. The van der Waals surface area contributed by atoms with Gasteiger partial charge in [0.05, 0.1) is 5.41 Å². The zero-order valence-electron chi connectivity index (χ0n) is 28.2. The van der Waals surface area contributed by atoms with Gasteiger partial charge in [0.25, 0.3) is 0 Å². The van der Waals surface area contributed by atoms with Crippen LogP contribution in [0.15, 0.2) is 61.9 Å². The minimum Gasteiger partial charge on any atom is -0.504 e. The molecule has 7 heteroatoms. The van der Waals surface area contributed by atoms with Gasteiger partial charge < -0.3 is 19.7 Å².